The first kappa shape index (κ1) is 23.4. The van der Waals surface area contributed by atoms with Crippen LogP contribution >= 0.6 is 0 Å². The molecule has 1 amide bonds. The maximum atomic E-state index is 12.7. The summed E-state index contributed by atoms with van der Waals surface area (Å²) in [6.45, 7) is 17.8. The second-order valence-electron chi connectivity index (χ2n) is 9.90. The first-order chi connectivity index (χ1) is 11.7. The Labute approximate surface area is 160 Å². The molecule has 0 saturated carbocycles. The highest BCUT2D eigenvalue weighted by atomic mass is 28.4. The van der Waals surface area contributed by atoms with Gasteiger partial charge in [0, 0.05) is 6.54 Å². The van der Waals surface area contributed by atoms with Gasteiger partial charge in [0.25, 0.3) is 0 Å². The molecule has 0 aliphatic carbocycles. The van der Waals surface area contributed by atoms with Crippen molar-refractivity contribution in [1.29, 1.82) is 0 Å². The first-order valence-corrected chi connectivity index (χ1v) is 12.6. The Balaban J connectivity index is 2.92. The number of aliphatic hydroxyl groups excluding tert-OH is 1. The molecule has 7 heteroatoms. The summed E-state index contributed by atoms with van der Waals surface area (Å²) in [5.41, 5.74) is -0.560. The van der Waals surface area contributed by atoms with E-state index < -0.39 is 20.0 Å². The number of amides is 1. The molecule has 0 unspecified atom stereocenters. The molecule has 2 N–H and O–H groups in total. The van der Waals surface area contributed by atoms with Gasteiger partial charge in [0.2, 0.25) is 0 Å². The van der Waals surface area contributed by atoms with Crippen molar-refractivity contribution in [3.8, 4) is 0 Å². The van der Waals surface area contributed by atoms with Crippen LogP contribution in [0.2, 0.25) is 18.1 Å². The third-order valence-corrected chi connectivity index (χ3v) is 9.87. The van der Waals surface area contributed by atoms with Crippen molar-refractivity contribution < 1.29 is 19.1 Å². The summed E-state index contributed by atoms with van der Waals surface area (Å²) in [6, 6.07) is -0.270. The minimum absolute atomic E-state index is 0.0577. The molecule has 0 radical (unpaired) electrons. The number of aliphatic hydroxyl groups is 1. The molecule has 1 saturated heterocycles. The van der Waals surface area contributed by atoms with Gasteiger partial charge in [-0.25, -0.2) is 4.79 Å². The topological polar surface area (TPSA) is 71.0 Å². The van der Waals surface area contributed by atoms with E-state index in [-0.39, 0.29) is 23.3 Å². The predicted molar refractivity (Wildman–Crippen MR) is 108 cm³/mol. The molecule has 6 nitrogen and oxygen atoms in total. The maximum Gasteiger partial charge on any atom is 0.410 e. The number of carbonyl (C=O) groups excluding carboxylic acids is 1. The molecule has 0 bridgehead atoms. The number of likely N-dealkylation sites (tertiary alicyclic amines) is 1. The monoisotopic (exact) mass is 388 g/mol. The number of ether oxygens (including phenoxy) is 1. The van der Waals surface area contributed by atoms with E-state index in [0.717, 1.165) is 0 Å². The van der Waals surface area contributed by atoms with Gasteiger partial charge in [0.15, 0.2) is 8.32 Å². The Bertz CT molecular complexity index is 471. The van der Waals surface area contributed by atoms with E-state index in [9.17, 15) is 9.90 Å². The fourth-order valence-corrected chi connectivity index (χ4v) is 4.24. The van der Waals surface area contributed by atoms with Crippen LogP contribution in [-0.4, -0.2) is 68.4 Å². The van der Waals surface area contributed by atoms with E-state index in [1.54, 1.807) is 4.90 Å². The van der Waals surface area contributed by atoms with E-state index in [4.69, 9.17) is 9.16 Å². The van der Waals surface area contributed by atoms with Gasteiger partial charge in [-0.15, -0.1) is 0 Å². The summed E-state index contributed by atoms with van der Waals surface area (Å²) < 4.78 is 12.1. The number of nitrogens with zero attached hydrogens (tertiary/aromatic N) is 1. The van der Waals surface area contributed by atoms with E-state index in [1.165, 1.54) is 0 Å². The molecule has 3 atom stereocenters. The second-order valence-corrected chi connectivity index (χ2v) is 14.7. The Morgan fingerprint density at radius 3 is 2.31 bits per heavy atom. The van der Waals surface area contributed by atoms with Gasteiger partial charge in [0.05, 0.1) is 18.2 Å². The van der Waals surface area contributed by atoms with Gasteiger partial charge in [-0.2, -0.15) is 0 Å². The third kappa shape index (κ3) is 6.51. The number of hydrogen-bond acceptors (Lipinski definition) is 5. The maximum absolute atomic E-state index is 12.7. The zero-order valence-electron chi connectivity index (χ0n) is 18.2. The quantitative estimate of drug-likeness (QED) is 0.683. The Morgan fingerprint density at radius 1 is 1.27 bits per heavy atom. The van der Waals surface area contributed by atoms with Crippen LogP contribution in [0.3, 0.4) is 0 Å². The highest BCUT2D eigenvalue weighted by molar-refractivity contribution is 6.74. The SMILES string of the molecule is CNCC[C@@H](O)[C@@H]1C[C@@H](O[Si](C)(C)C(C)(C)C)CN1C(=O)OC(C)(C)C. The van der Waals surface area contributed by atoms with E-state index >= 15 is 0 Å². The molecule has 1 aliphatic rings. The largest absolute Gasteiger partial charge is 0.444 e. The van der Waals surface area contributed by atoms with Crippen molar-refractivity contribution in [1.82, 2.24) is 10.2 Å². The van der Waals surface area contributed by atoms with E-state index in [2.05, 4.69) is 39.2 Å². The molecule has 1 heterocycles. The summed E-state index contributed by atoms with van der Waals surface area (Å²) in [4.78, 5) is 14.4. The standard InChI is InChI=1S/C19H40N2O4Si/c1-18(2,3)24-17(23)21-13-14(25-26(8,9)19(4,5)6)12-15(21)16(22)10-11-20-7/h14-16,20,22H,10-13H2,1-9H3/t14-,15+,16-/m1/s1. The van der Waals surface area contributed by atoms with E-state index in [0.29, 0.717) is 25.9 Å². The minimum atomic E-state index is -1.94. The fourth-order valence-electron chi connectivity index (χ4n) is 2.88. The van der Waals surface area contributed by atoms with Crippen LogP contribution in [0.5, 0.6) is 0 Å². The average Bonchev–Trinajstić information content (AvgIpc) is 2.85. The summed E-state index contributed by atoms with van der Waals surface area (Å²) in [5, 5.41) is 13.8. The van der Waals surface area contributed by atoms with Crippen molar-refractivity contribution in [2.45, 2.75) is 96.4 Å². The summed E-state index contributed by atoms with van der Waals surface area (Å²) in [7, 11) is -0.0861. The lowest BCUT2D eigenvalue weighted by molar-refractivity contribution is 0.00368. The number of hydrogen-bond donors (Lipinski definition) is 2. The number of carbonyl (C=O) groups is 1. The van der Waals surface area contributed by atoms with Crippen LogP contribution in [-0.2, 0) is 9.16 Å². The highest BCUT2D eigenvalue weighted by Crippen LogP contribution is 2.39. The predicted octanol–water partition coefficient (Wildman–Crippen LogP) is 3.36. The van der Waals surface area contributed by atoms with Crippen molar-refractivity contribution in [3.05, 3.63) is 0 Å². The minimum Gasteiger partial charge on any atom is -0.444 e. The fraction of sp³-hybridized carbons (Fsp3) is 0.947. The summed E-state index contributed by atoms with van der Waals surface area (Å²) in [5.74, 6) is 0. The molecule has 0 aromatic heterocycles. The van der Waals surface area contributed by atoms with Crippen LogP contribution < -0.4 is 5.32 Å². The molecule has 0 aromatic rings. The average molecular weight is 389 g/mol. The zero-order chi connectivity index (χ0) is 20.3. The molecule has 154 valence electrons. The van der Waals surface area contributed by atoms with Gasteiger partial charge in [-0.05, 0) is 65.3 Å². The molecule has 26 heavy (non-hydrogen) atoms. The van der Waals surface area contributed by atoms with Crippen LogP contribution in [0, 0.1) is 0 Å². The van der Waals surface area contributed by atoms with Gasteiger partial charge < -0.3 is 19.6 Å². The lowest BCUT2D eigenvalue weighted by Gasteiger charge is -2.38. The normalized spacial score (nSPS) is 23.2. The third-order valence-electron chi connectivity index (χ3n) is 5.33. The number of nitrogens with one attached hydrogen (secondary N) is 1. The second kappa shape index (κ2) is 8.58. The Morgan fingerprint density at radius 2 is 1.85 bits per heavy atom. The highest BCUT2D eigenvalue weighted by Gasteiger charge is 2.46. The van der Waals surface area contributed by atoms with Crippen LogP contribution in [0.4, 0.5) is 4.79 Å². The van der Waals surface area contributed by atoms with Crippen molar-refractivity contribution in [2.75, 3.05) is 20.1 Å². The molecule has 1 aliphatic heterocycles. The van der Waals surface area contributed by atoms with Gasteiger partial charge >= 0.3 is 6.09 Å². The van der Waals surface area contributed by atoms with Crippen LogP contribution in [0.15, 0.2) is 0 Å². The molecule has 1 rings (SSSR count). The smallest absolute Gasteiger partial charge is 0.410 e. The molecular formula is C19H40N2O4Si. The molecular weight excluding hydrogens is 348 g/mol. The van der Waals surface area contributed by atoms with Gasteiger partial charge in [-0.3, -0.25) is 4.90 Å². The van der Waals surface area contributed by atoms with Crippen LogP contribution in [0.1, 0.15) is 54.4 Å². The Hall–Kier alpha value is -0.633. The van der Waals surface area contributed by atoms with Crippen LogP contribution in [0.25, 0.3) is 0 Å². The van der Waals surface area contributed by atoms with Gasteiger partial charge in [-0.1, -0.05) is 20.8 Å². The van der Waals surface area contributed by atoms with E-state index in [1.807, 2.05) is 27.8 Å². The molecule has 1 fully saturated rings. The summed E-state index contributed by atoms with van der Waals surface area (Å²) in [6.07, 6.45) is 0.220. The summed E-state index contributed by atoms with van der Waals surface area (Å²) >= 11 is 0. The van der Waals surface area contributed by atoms with Crippen molar-refractivity contribution in [3.63, 3.8) is 0 Å². The first-order valence-electron chi connectivity index (χ1n) is 9.68. The van der Waals surface area contributed by atoms with Gasteiger partial charge in [0.1, 0.15) is 5.60 Å². The zero-order valence-corrected chi connectivity index (χ0v) is 19.2. The molecule has 0 aromatic carbocycles. The van der Waals surface area contributed by atoms with Crippen molar-refractivity contribution >= 4 is 14.4 Å². The van der Waals surface area contributed by atoms with Crippen molar-refractivity contribution in [2.24, 2.45) is 0 Å². The lowest BCUT2D eigenvalue weighted by atomic mass is 10.0. The lowest BCUT2D eigenvalue weighted by Crippen LogP contribution is -2.46. The molecule has 0 spiro atoms. The number of rotatable bonds is 6. The Kier molecular flexibility index (Phi) is 7.73.